The third-order valence-electron chi connectivity index (χ3n) is 2.84. The number of carbonyl (C=O) groups excluding carboxylic acids is 1. The van der Waals surface area contributed by atoms with Gasteiger partial charge < -0.3 is 20.8 Å². The zero-order valence-corrected chi connectivity index (χ0v) is 11.4. The number of nitrogens with zero attached hydrogens (tertiary/aromatic N) is 5. The molecule has 2 rings (SSSR count). The lowest BCUT2D eigenvalue weighted by Crippen LogP contribution is -2.25. The number of carbonyl (C=O) groups is 1. The largest absolute Gasteiger partial charge is 0.409 e. The zero-order valence-electron chi connectivity index (χ0n) is 11.4. The van der Waals surface area contributed by atoms with Crippen LogP contribution in [0.2, 0.25) is 0 Å². The van der Waals surface area contributed by atoms with Crippen LogP contribution in [0.5, 0.6) is 0 Å². The van der Waals surface area contributed by atoms with Crippen molar-refractivity contribution in [3.8, 4) is 0 Å². The van der Waals surface area contributed by atoms with Gasteiger partial charge in [0.25, 0.3) is 5.91 Å². The molecule has 0 saturated heterocycles. The molecule has 0 aliphatic heterocycles. The lowest BCUT2D eigenvalue weighted by atomic mass is 10.2. The van der Waals surface area contributed by atoms with E-state index < -0.39 is 0 Å². The van der Waals surface area contributed by atoms with E-state index in [2.05, 4.69) is 25.7 Å². The normalized spacial score (nSPS) is 11.4. The van der Waals surface area contributed by atoms with Crippen molar-refractivity contribution < 1.29 is 10.0 Å². The SMILES string of the molecule is CCn1cnnc1CNC(=O)c1ccc(/C(N)=N/O)cn1. The first kappa shape index (κ1) is 14.4. The number of aromatic nitrogens is 4. The zero-order chi connectivity index (χ0) is 15.2. The van der Waals surface area contributed by atoms with Gasteiger partial charge in [-0.1, -0.05) is 5.16 Å². The molecule has 4 N–H and O–H groups in total. The van der Waals surface area contributed by atoms with Gasteiger partial charge in [0.15, 0.2) is 11.7 Å². The molecule has 1 amide bonds. The van der Waals surface area contributed by atoms with Crippen molar-refractivity contribution in [3.63, 3.8) is 0 Å². The summed E-state index contributed by atoms with van der Waals surface area (Å²) in [6.45, 7) is 2.95. The Kier molecular flexibility index (Phi) is 4.44. The number of rotatable bonds is 5. The lowest BCUT2D eigenvalue weighted by Gasteiger charge is -2.06. The molecule has 0 aliphatic rings. The van der Waals surface area contributed by atoms with E-state index >= 15 is 0 Å². The summed E-state index contributed by atoms with van der Waals surface area (Å²) in [5, 5.41) is 21.8. The number of amidine groups is 1. The smallest absolute Gasteiger partial charge is 0.270 e. The van der Waals surface area contributed by atoms with Crippen molar-refractivity contribution >= 4 is 11.7 Å². The van der Waals surface area contributed by atoms with Crippen molar-refractivity contribution in [1.29, 1.82) is 0 Å². The minimum absolute atomic E-state index is 0.0643. The van der Waals surface area contributed by atoms with E-state index in [1.807, 2.05) is 11.5 Å². The number of hydrogen-bond acceptors (Lipinski definition) is 6. The number of oxime groups is 1. The first-order valence-electron chi connectivity index (χ1n) is 6.24. The summed E-state index contributed by atoms with van der Waals surface area (Å²) < 4.78 is 1.83. The molecular weight excluding hydrogens is 274 g/mol. The molecular formula is C12H15N7O2. The highest BCUT2D eigenvalue weighted by molar-refractivity contribution is 5.98. The fourth-order valence-electron chi connectivity index (χ4n) is 1.67. The van der Waals surface area contributed by atoms with E-state index in [1.54, 1.807) is 12.4 Å². The van der Waals surface area contributed by atoms with Crippen molar-refractivity contribution in [2.75, 3.05) is 0 Å². The van der Waals surface area contributed by atoms with Gasteiger partial charge in [-0.05, 0) is 19.1 Å². The molecule has 0 saturated carbocycles. The Labute approximate surface area is 120 Å². The molecule has 0 unspecified atom stereocenters. The van der Waals surface area contributed by atoms with Crippen molar-refractivity contribution in [1.82, 2.24) is 25.1 Å². The minimum atomic E-state index is -0.341. The second kappa shape index (κ2) is 6.46. The van der Waals surface area contributed by atoms with Gasteiger partial charge in [0.05, 0.1) is 6.54 Å². The van der Waals surface area contributed by atoms with E-state index in [-0.39, 0.29) is 24.0 Å². The van der Waals surface area contributed by atoms with Crippen LogP contribution in [0.25, 0.3) is 0 Å². The molecule has 2 aromatic rings. The Morgan fingerprint density at radius 2 is 2.33 bits per heavy atom. The topological polar surface area (TPSA) is 131 Å². The first-order valence-corrected chi connectivity index (χ1v) is 6.24. The van der Waals surface area contributed by atoms with E-state index in [1.165, 1.54) is 12.3 Å². The van der Waals surface area contributed by atoms with Crippen LogP contribution < -0.4 is 11.1 Å². The molecule has 9 heteroatoms. The molecule has 0 fully saturated rings. The van der Waals surface area contributed by atoms with Gasteiger partial charge in [0.1, 0.15) is 12.0 Å². The number of hydrogen-bond donors (Lipinski definition) is 3. The number of nitrogens with one attached hydrogen (secondary N) is 1. The molecule has 0 aliphatic carbocycles. The van der Waals surface area contributed by atoms with Crippen LogP contribution in [0, 0.1) is 0 Å². The molecule has 9 nitrogen and oxygen atoms in total. The summed E-state index contributed by atoms with van der Waals surface area (Å²) >= 11 is 0. The molecule has 2 heterocycles. The summed E-state index contributed by atoms with van der Waals surface area (Å²) in [7, 11) is 0. The maximum absolute atomic E-state index is 11.9. The monoisotopic (exact) mass is 289 g/mol. The number of pyridine rings is 1. The predicted molar refractivity (Wildman–Crippen MR) is 73.6 cm³/mol. The number of nitrogens with two attached hydrogens (primary N) is 1. The molecule has 0 radical (unpaired) electrons. The minimum Gasteiger partial charge on any atom is -0.409 e. The highest BCUT2D eigenvalue weighted by atomic mass is 16.4. The van der Waals surface area contributed by atoms with Crippen LogP contribution in [-0.4, -0.2) is 36.7 Å². The van der Waals surface area contributed by atoms with Gasteiger partial charge in [-0.2, -0.15) is 0 Å². The number of aryl methyl sites for hydroxylation is 1. The van der Waals surface area contributed by atoms with Crippen LogP contribution in [0.1, 0.15) is 28.8 Å². The maximum Gasteiger partial charge on any atom is 0.270 e. The van der Waals surface area contributed by atoms with Crippen molar-refractivity contribution in [2.24, 2.45) is 10.9 Å². The molecule has 0 bridgehead atoms. The summed E-state index contributed by atoms with van der Waals surface area (Å²) in [6.07, 6.45) is 2.96. The third-order valence-corrected chi connectivity index (χ3v) is 2.84. The van der Waals surface area contributed by atoms with Crippen LogP contribution in [0.3, 0.4) is 0 Å². The van der Waals surface area contributed by atoms with Gasteiger partial charge in [-0.15, -0.1) is 10.2 Å². The van der Waals surface area contributed by atoms with Crippen LogP contribution in [0.4, 0.5) is 0 Å². The standard InChI is InChI=1S/C12H15N7O2/c1-2-19-7-16-17-10(19)6-15-12(20)9-4-3-8(5-14-9)11(13)18-21/h3-5,7,21H,2,6H2,1H3,(H2,13,18)(H,15,20). The summed E-state index contributed by atoms with van der Waals surface area (Å²) in [5.41, 5.74) is 6.08. The van der Waals surface area contributed by atoms with Gasteiger partial charge >= 0.3 is 0 Å². The molecule has 110 valence electrons. The third kappa shape index (κ3) is 3.32. The van der Waals surface area contributed by atoms with Crippen molar-refractivity contribution in [2.45, 2.75) is 20.0 Å². The maximum atomic E-state index is 11.9. The van der Waals surface area contributed by atoms with Gasteiger partial charge in [0.2, 0.25) is 0 Å². The Hall–Kier alpha value is -2.97. The fourth-order valence-corrected chi connectivity index (χ4v) is 1.67. The Morgan fingerprint density at radius 3 is 2.95 bits per heavy atom. The number of amides is 1. The van der Waals surface area contributed by atoms with Crippen LogP contribution >= 0.6 is 0 Å². The van der Waals surface area contributed by atoms with Gasteiger partial charge in [0, 0.05) is 18.3 Å². The molecule has 2 aromatic heterocycles. The van der Waals surface area contributed by atoms with Gasteiger partial charge in [-0.25, -0.2) is 0 Å². The van der Waals surface area contributed by atoms with E-state index in [9.17, 15) is 4.79 Å². The van der Waals surface area contributed by atoms with Crippen LogP contribution in [-0.2, 0) is 13.1 Å². The average Bonchev–Trinajstić information content (AvgIpc) is 2.99. The van der Waals surface area contributed by atoms with Gasteiger partial charge in [-0.3, -0.25) is 9.78 Å². The Morgan fingerprint density at radius 1 is 1.52 bits per heavy atom. The summed E-state index contributed by atoms with van der Waals surface area (Å²) in [6, 6.07) is 3.04. The molecule has 0 aromatic carbocycles. The van der Waals surface area contributed by atoms with Crippen molar-refractivity contribution in [3.05, 3.63) is 41.7 Å². The summed E-state index contributed by atoms with van der Waals surface area (Å²) in [4.78, 5) is 15.9. The second-order valence-electron chi connectivity index (χ2n) is 4.13. The predicted octanol–water partition coefficient (Wildman–Crippen LogP) is -0.282. The highest BCUT2D eigenvalue weighted by Crippen LogP contribution is 2.01. The van der Waals surface area contributed by atoms with E-state index in [4.69, 9.17) is 10.9 Å². The van der Waals surface area contributed by atoms with Crippen LogP contribution in [0.15, 0.2) is 29.8 Å². The van der Waals surface area contributed by atoms with E-state index in [0.29, 0.717) is 11.4 Å². The van der Waals surface area contributed by atoms with E-state index in [0.717, 1.165) is 6.54 Å². The fraction of sp³-hybridized carbons (Fsp3) is 0.250. The second-order valence-corrected chi connectivity index (χ2v) is 4.13. The molecule has 21 heavy (non-hydrogen) atoms. The molecule has 0 spiro atoms. The lowest BCUT2D eigenvalue weighted by molar-refractivity contribution is 0.0944. The Balaban J connectivity index is 2.00. The Bertz CT molecular complexity index is 648. The quantitative estimate of drug-likeness (QED) is 0.300. The molecule has 0 atom stereocenters. The highest BCUT2D eigenvalue weighted by Gasteiger charge is 2.10. The summed E-state index contributed by atoms with van der Waals surface area (Å²) in [5.74, 6) is 0.261. The first-order chi connectivity index (χ1) is 10.2. The average molecular weight is 289 g/mol.